The van der Waals surface area contributed by atoms with Gasteiger partial charge in [0.15, 0.2) is 0 Å². The van der Waals surface area contributed by atoms with Gasteiger partial charge in [0.25, 0.3) is 5.91 Å². The first-order valence-corrected chi connectivity index (χ1v) is 7.09. The first-order chi connectivity index (χ1) is 9.58. The maximum atomic E-state index is 12.5. The number of hydrogen-bond donors (Lipinski definition) is 2. The number of carbonyl (C=O) groups is 1. The van der Waals surface area contributed by atoms with Crippen molar-refractivity contribution in [3.63, 3.8) is 0 Å². The third kappa shape index (κ3) is 2.76. The van der Waals surface area contributed by atoms with Crippen LogP contribution >= 0.6 is 15.9 Å². The van der Waals surface area contributed by atoms with E-state index in [2.05, 4.69) is 20.9 Å². The van der Waals surface area contributed by atoms with Gasteiger partial charge in [0.05, 0.1) is 17.7 Å². The number of hydrogen-bond acceptors (Lipinski definition) is 3. The van der Waals surface area contributed by atoms with Gasteiger partial charge in [0, 0.05) is 29.0 Å². The number of amides is 1. The Kier molecular flexibility index (Phi) is 4.57. The first-order valence-electron chi connectivity index (χ1n) is 6.30. The van der Waals surface area contributed by atoms with Gasteiger partial charge < -0.3 is 15.0 Å². The third-order valence-electron chi connectivity index (χ3n) is 3.10. The van der Waals surface area contributed by atoms with Crippen LogP contribution < -0.4 is 5.56 Å². The zero-order valence-corrected chi connectivity index (χ0v) is 12.6. The molecule has 106 valence electrons. The molecule has 0 aliphatic carbocycles. The monoisotopic (exact) mass is 338 g/mol. The summed E-state index contributed by atoms with van der Waals surface area (Å²) in [6, 6.07) is 6.70. The second-order valence-electron chi connectivity index (χ2n) is 4.32. The summed E-state index contributed by atoms with van der Waals surface area (Å²) in [7, 11) is 0. The molecule has 0 saturated carbocycles. The molecule has 2 aromatic rings. The Morgan fingerprint density at radius 3 is 2.85 bits per heavy atom. The fourth-order valence-corrected chi connectivity index (χ4v) is 2.58. The number of nitrogens with zero attached hydrogens (tertiary/aromatic N) is 1. The molecule has 6 heteroatoms. The topological polar surface area (TPSA) is 73.4 Å². The molecule has 5 nitrogen and oxygen atoms in total. The number of H-pyrrole nitrogens is 1. The Morgan fingerprint density at radius 2 is 2.20 bits per heavy atom. The molecule has 1 aromatic carbocycles. The van der Waals surface area contributed by atoms with Crippen molar-refractivity contribution in [2.75, 3.05) is 19.7 Å². The molecule has 0 atom stereocenters. The number of benzene rings is 1. The number of aliphatic hydroxyl groups excluding tert-OH is 1. The van der Waals surface area contributed by atoms with Gasteiger partial charge >= 0.3 is 0 Å². The van der Waals surface area contributed by atoms with E-state index in [0.717, 1.165) is 4.47 Å². The minimum atomic E-state index is -0.326. The highest BCUT2D eigenvalue weighted by molar-refractivity contribution is 9.10. The summed E-state index contributed by atoms with van der Waals surface area (Å²) < 4.78 is 0.729. The van der Waals surface area contributed by atoms with Crippen LogP contribution in [0.3, 0.4) is 0 Å². The van der Waals surface area contributed by atoms with E-state index in [4.69, 9.17) is 5.11 Å². The van der Waals surface area contributed by atoms with Crippen LogP contribution in [0.4, 0.5) is 0 Å². The van der Waals surface area contributed by atoms with Crippen molar-refractivity contribution in [3.8, 4) is 0 Å². The molecular formula is C14H15BrN2O3. The molecule has 2 N–H and O–H groups in total. The molecule has 1 amide bonds. The molecule has 1 heterocycles. The number of aromatic nitrogens is 1. The maximum absolute atomic E-state index is 12.5. The van der Waals surface area contributed by atoms with Crippen molar-refractivity contribution < 1.29 is 9.90 Å². The lowest BCUT2D eigenvalue weighted by Gasteiger charge is -2.20. The minimum absolute atomic E-state index is 0.107. The number of halogens is 1. The van der Waals surface area contributed by atoms with Crippen LogP contribution in [0.5, 0.6) is 0 Å². The molecule has 2 rings (SSSR count). The number of likely N-dealkylation sites (N-methyl/N-ethyl adjacent to an activating group) is 1. The van der Waals surface area contributed by atoms with E-state index in [-0.39, 0.29) is 24.6 Å². The Balaban J connectivity index is 2.62. The van der Waals surface area contributed by atoms with Crippen LogP contribution in [0.1, 0.15) is 17.3 Å². The van der Waals surface area contributed by atoms with Gasteiger partial charge in [0.1, 0.15) is 0 Å². The van der Waals surface area contributed by atoms with Gasteiger partial charge in [-0.2, -0.15) is 0 Å². The van der Waals surface area contributed by atoms with Crippen LogP contribution in [0.15, 0.2) is 33.5 Å². The van der Waals surface area contributed by atoms with E-state index in [1.165, 1.54) is 11.0 Å². The van der Waals surface area contributed by atoms with Crippen molar-refractivity contribution in [2.45, 2.75) is 6.92 Å². The standard InChI is InChI=1S/C14H15BrN2O3/c1-2-17(6-7-18)14(20)10-8-12(19)16-13-9(10)4-3-5-11(13)15/h3-5,8,18H,2,6-7H2,1H3,(H,16,19). The first kappa shape index (κ1) is 14.7. The van der Waals surface area contributed by atoms with Gasteiger partial charge in [-0.05, 0) is 28.9 Å². The summed E-state index contributed by atoms with van der Waals surface area (Å²) in [5.74, 6) is -0.254. The lowest BCUT2D eigenvalue weighted by Crippen LogP contribution is -2.34. The average Bonchev–Trinajstić information content (AvgIpc) is 2.44. The summed E-state index contributed by atoms with van der Waals surface area (Å²) in [5, 5.41) is 9.69. The van der Waals surface area contributed by atoms with E-state index in [1.54, 1.807) is 12.1 Å². The Morgan fingerprint density at radius 1 is 1.45 bits per heavy atom. The van der Waals surface area contributed by atoms with Gasteiger partial charge in [0.2, 0.25) is 5.56 Å². The molecule has 0 radical (unpaired) electrons. The highest BCUT2D eigenvalue weighted by atomic mass is 79.9. The Labute approximate surface area is 124 Å². The van der Waals surface area contributed by atoms with E-state index < -0.39 is 0 Å². The number of nitrogens with one attached hydrogen (secondary N) is 1. The van der Waals surface area contributed by atoms with Crippen LogP contribution in [-0.4, -0.2) is 40.6 Å². The zero-order chi connectivity index (χ0) is 14.7. The molecule has 0 unspecified atom stereocenters. The average molecular weight is 339 g/mol. The molecule has 0 fully saturated rings. The van der Waals surface area contributed by atoms with Crippen molar-refractivity contribution >= 4 is 32.7 Å². The summed E-state index contributed by atoms with van der Waals surface area (Å²) in [6.07, 6.45) is 0. The van der Waals surface area contributed by atoms with Gasteiger partial charge in [-0.15, -0.1) is 0 Å². The number of fused-ring (bicyclic) bond motifs is 1. The quantitative estimate of drug-likeness (QED) is 0.891. The fourth-order valence-electron chi connectivity index (χ4n) is 2.12. The normalized spacial score (nSPS) is 10.8. The van der Waals surface area contributed by atoms with Gasteiger partial charge in [-0.3, -0.25) is 9.59 Å². The molecule has 0 bridgehead atoms. The fraction of sp³-hybridized carbons (Fsp3) is 0.286. The summed E-state index contributed by atoms with van der Waals surface area (Å²) in [5.41, 5.74) is 0.622. The number of pyridine rings is 1. The number of rotatable bonds is 4. The van der Waals surface area contributed by atoms with E-state index in [0.29, 0.717) is 23.0 Å². The highest BCUT2D eigenvalue weighted by Crippen LogP contribution is 2.24. The smallest absolute Gasteiger partial charge is 0.254 e. The number of para-hydroxylation sites is 1. The van der Waals surface area contributed by atoms with Crippen LogP contribution in [0.2, 0.25) is 0 Å². The second kappa shape index (κ2) is 6.19. The van der Waals surface area contributed by atoms with Gasteiger partial charge in [-0.1, -0.05) is 12.1 Å². The molecule has 0 spiro atoms. The second-order valence-corrected chi connectivity index (χ2v) is 5.17. The zero-order valence-electron chi connectivity index (χ0n) is 11.0. The van der Waals surface area contributed by atoms with E-state index in [1.807, 2.05) is 13.0 Å². The minimum Gasteiger partial charge on any atom is -0.395 e. The van der Waals surface area contributed by atoms with Crippen LogP contribution in [0, 0.1) is 0 Å². The SMILES string of the molecule is CCN(CCO)C(=O)c1cc(=O)[nH]c2c(Br)cccc12. The molecule has 0 aliphatic heterocycles. The summed E-state index contributed by atoms with van der Waals surface area (Å²) in [6.45, 7) is 2.45. The van der Waals surface area contributed by atoms with Crippen molar-refractivity contribution in [1.29, 1.82) is 0 Å². The van der Waals surface area contributed by atoms with Crippen LogP contribution in [-0.2, 0) is 0 Å². The number of aliphatic hydroxyl groups is 1. The number of aromatic amines is 1. The molecule has 1 aromatic heterocycles. The van der Waals surface area contributed by atoms with Gasteiger partial charge in [-0.25, -0.2) is 0 Å². The van der Waals surface area contributed by atoms with Crippen LogP contribution in [0.25, 0.3) is 10.9 Å². The summed E-state index contributed by atoms with van der Waals surface area (Å²) >= 11 is 3.36. The van der Waals surface area contributed by atoms with Crippen molar-refractivity contribution in [1.82, 2.24) is 9.88 Å². The maximum Gasteiger partial charge on any atom is 0.254 e. The lowest BCUT2D eigenvalue weighted by molar-refractivity contribution is 0.0734. The highest BCUT2D eigenvalue weighted by Gasteiger charge is 2.18. The lowest BCUT2D eigenvalue weighted by atomic mass is 10.1. The number of carbonyl (C=O) groups excluding carboxylic acids is 1. The summed E-state index contributed by atoms with van der Waals surface area (Å²) in [4.78, 5) is 28.5. The van der Waals surface area contributed by atoms with E-state index in [9.17, 15) is 9.59 Å². The van der Waals surface area contributed by atoms with Crippen molar-refractivity contribution in [2.24, 2.45) is 0 Å². The van der Waals surface area contributed by atoms with E-state index >= 15 is 0 Å². The molecular weight excluding hydrogens is 324 g/mol. The largest absolute Gasteiger partial charge is 0.395 e. The molecule has 0 aliphatic rings. The molecule has 20 heavy (non-hydrogen) atoms. The molecule has 0 saturated heterocycles. The predicted molar refractivity (Wildman–Crippen MR) is 80.9 cm³/mol. The third-order valence-corrected chi connectivity index (χ3v) is 3.76. The Hall–Kier alpha value is -1.66. The van der Waals surface area contributed by atoms with Crippen molar-refractivity contribution in [3.05, 3.63) is 44.7 Å². The predicted octanol–water partition coefficient (Wildman–Crippen LogP) is 1.74. The Bertz CT molecular complexity index is 696.